The van der Waals surface area contributed by atoms with Crippen LogP contribution in [0.3, 0.4) is 0 Å². The molecule has 152 valence electrons. The van der Waals surface area contributed by atoms with Gasteiger partial charge in [-0.15, -0.1) is 0 Å². The Labute approximate surface area is 169 Å². The summed E-state index contributed by atoms with van der Waals surface area (Å²) < 4.78 is 31.1. The molecule has 0 radical (unpaired) electrons. The van der Waals surface area contributed by atoms with E-state index in [0.29, 0.717) is 22.1 Å². The van der Waals surface area contributed by atoms with Crippen LogP contribution in [0.1, 0.15) is 46.7 Å². The summed E-state index contributed by atoms with van der Waals surface area (Å²) in [7, 11) is 0. The molecule has 0 aliphatic carbocycles. The van der Waals surface area contributed by atoms with Crippen LogP contribution >= 0.6 is 11.6 Å². The number of benzene rings is 1. The van der Waals surface area contributed by atoms with Crippen molar-refractivity contribution in [3.63, 3.8) is 0 Å². The van der Waals surface area contributed by atoms with Gasteiger partial charge in [-0.2, -0.15) is 4.98 Å². The number of pyridine rings is 1. The number of amides is 1. The molecule has 3 aromatic rings. The van der Waals surface area contributed by atoms with Crippen LogP contribution in [0.2, 0.25) is 5.02 Å². The van der Waals surface area contributed by atoms with Crippen molar-refractivity contribution in [2.24, 2.45) is 0 Å². The van der Waals surface area contributed by atoms with E-state index in [9.17, 15) is 18.7 Å². The highest BCUT2D eigenvalue weighted by Crippen LogP contribution is 2.28. The molecule has 2 aromatic heterocycles. The Morgan fingerprint density at radius 3 is 2.62 bits per heavy atom. The number of aliphatic hydroxyl groups is 1. The Balaban J connectivity index is 1.95. The molecular weight excluding hydrogens is 406 g/mol. The zero-order valence-corrected chi connectivity index (χ0v) is 16.2. The van der Waals surface area contributed by atoms with Crippen LogP contribution in [0.4, 0.5) is 8.78 Å². The van der Waals surface area contributed by atoms with Crippen molar-refractivity contribution >= 4 is 17.5 Å². The summed E-state index contributed by atoms with van der Waals surface area (Å²) in [6.07, 6.45) is -3.67. The predicted molar refractivity (Wildman–Crippen MR) is 101 cm³/mol. The summed E-state index contributed by atoms with van der Waals surface area (Å²) in [6, 6.07) is 6.61. The van der Waals surface area contributed by atoms with E-state index in [1.54, 1.807) is 26.0 Å². The van der Waals surface area contributed by atoms with Gasteiger partial charge < -0.3 is 14.9 Å². The summed E-state index contributed by atoms with van der Waals surface area (Å²) in [4.78, 5) is 20.9. The number of hydrogen-bond donors (Lipinski definition) is 2. The first kappa shape index (κ1) is 20.8. The maximum Gasteiger partial charge on any atom is 0.268 e. The highest BCUT2D eigenvalue weighted by Gasteiger charge is 2.23. The Bertz CT molecular complexity index is 1010. The number of carbonyl (C=O) groups excluding carboxylic acids is 1. The number of alkyl halides is 2. The van der Waals surface area contributed by atoms with Crippen LogP contribution in [-0.2, 0) is 0 Å². The van der Waals surface area contributed by atoms with Crippen molar-refractivity contribution in [1.82, 2.24) is 20.4 Å². The second-order valence-corrected chi connectivity index (χ2v) is 6.80. The number of rotatable bonds is 6. The van der Waals surface area contributed by atoms with Gasteiger partial charge in [-0.25, -0.2) is 8.78 Å². The Hall–Kier alpha value is -2.91. The minimum atomic E-state index is -3.01. The fourth-order valence-corrected chi connectivity index (χ4v) is 2.74. The molecule has 0 bridgehead atoms. The maximum absolute atomic E-state index is 13.1. The minimum absolute atomic E-state index is 0.0667. The summed E-state index contributed by atoms with van der Waals surface area (Å²) in [6.45, 7) is 3.28. The van der Waals surface area contributed by atoms with E-state index in [0.717, 1.165) is 0 Å². The average Bonchev–Trinajstić information content (AvgIpc) is 3.14. The van der Waals surface area contributed by atoms with Gasteiger partial charge in [0.2, 0.25) is 5.89 Å². The topological polar surface area (TPSA) is 101 Å². The molecule has 0 aliphatic heterocycles. The van der Waals surface area contributed by atoms with Crippen LogP contribution in [0, 0.1) is 6.92 Å². The lowest BCUT2D eigenvalue weighted by molar-refractivity contribution is -0.00579. The highest BCUT2D eigenvalue weighted by molar-refractivity contribution is 6.30. The lowest BCUT2D eigenvalue weighted by Gasteiger charge is -2.15. The number of aryl methyl sites for hydroxylation is 1. The van der Waals surface area contributed by atoms with Crippen molar-refractivity contribution in [3.05, 3.63) is 64.4 Å². The standard InChI is InChI=1S/C19H17ClF2N4O3/c1-9(19-25-10(2)26-29-19)24-18(28)13-6-11(15-4-3-14(20)8-23-15)5-12(7-13)16(27)17(21)22/h3-9,16-17,27H,1-2H3,(H,24,28)/t9-,16?/m1/s1. The van der Waals surface area contributed by atoms with Gasteiger partial charge in [0.1, 0.15) is 12.1 Å². The van der Waals surface area contributed by atoms with Gasteiger partial charge in [-0.05, 0) is 49.7 Å². The Morgan fingerprint density at radius 2 is 2.03 bits per heavy atom. The quantitative estimate of drug-likeness (QED) is 0.625. The van der Waals surface area contributed by atoms with Gasteiger partial charge in [0.25, 0.3) is 12.3 Å². The molecule has 3 rings (SSSR count). The Kier molecular flexibility index (Phi) is 6.19. The van der Waals surface area contributed by atoms with Gasteiger partial charge in [0, 0.05) is 17.3 Å². The molecule has 0 saturated carbocycles. The number of nitrogens with one attached hydrogen (secondary N) is 1. The second-order valence-electron chi connectivity index (χ2n) is 6.36. The molecule has 0 fully saturated rings. The van der Waals surface area contributed by atoms with Crippen molar-refractivity contribution in [3.8, 4) is 11.3 Å². The number of carbonyl (C=O) groups is 1. The molecule has 2 heterocycles. The van der Waals surface area contributed by atoms with Gasteiger partial charge in [0.15, 0.2) is 5.82 Å². The number of hydrogen-bond acceptors (Lipinski definition) is 6. The number of halogens is 3. The molecule has 0 saturated heterocycles. The van der Waals surface area contributed by atoms with Crippen LogP contribution < -0.4 is 5.32 Å². The van der Waals surface area contributed by atoms with E-state index in [4.69, 9.17) is 16.1 Å². The predicted octanol–water partition coefficient (Wildman–Crippen LogP) is 3.88. The summed E-state index contributed by atoms with van der Waals surface area (Å²) in [5, 5.41) is 16.6. The Morgan fingerprint density at radius 1 is 1.28 bits per heavy atom. The summed E-state index contributed by atoms with van der Waals surface area (Å²) in [5.74, 6) is 0.0605. The SMILES string of the molecule is Cc1noc([C@@H](C)NC(=O)c2cc(-c3ccc(Cl)cn3)cc(C(O)C(F)F)c2)n1. The van der Waals surface area contributed by atoms with Crippen LogP contribution in [0.5, 0.6) is 0 Å². The summed E-state index contributed by atoms with van der Waals surface area (Å²) >= 11 is 5.84. The molecule has 2 atom stereocenters. The molecule has 10 heteroatoms. The molecule has 1 amide bonds. The first-order valence-electron chi connectivity index (χ1n) is 8.59. The molecule has 0 spiro atoms. The average molecular weight is 423 g/mol. The van der Waals surface area contributed by atoms with Crippen molar-refractivity contribution in [1.29, 1.82) is 0 Å². The number of nitrogens with zero attached hydrogens (tertiary/aromatic N) is 3. The molecule has 7 nitrogen and oxygen atoms in total. The molecule has 29 heavy (non-hydrogen) atoms. The van der Waals surface area contributed by atoms with Crippen molar-refractivity contribution < 1.29 is 23.2 Å². The van der Waals surface area contributed by atoms with Crippen molar-refractivity contribution in [2.75, 3.05) is 0 Å². The number of aromatic nitrogens is 3. The molecular formula is C19H17ClF2N4O3. The minimum Gasteiger partial charge on any atom is -0.382 e. The van der Waals surface area contributed by atoms with E-state index in [-0.39, 0.29) is 17.0 Å². The normalized spacial score (nSPS) is 13.3. The second kappa shape index (κ2) is 8.62. The van der Waals surface area contributed by atoms with E-state index >= 15 is 0 Å². The smallest absolute Gasteiger partial charge is 0.268 e. The zero-order chi connectivity index (χ0) is 21.1. The first-order valence-corrected chi connectivity index (χ1v) is 8.96. The van der Waals surface area contributed by atoms with Crippen molar-refractivity contribution in [2.45, 2.75) is 32.4 Å². The lowest BCUT2D eigenvalue weighted by Crippen LogP contribution is -2.27. The van der Waals surface area contributed by atoms with E-state index in [2.05, 4.69) is 20.4 Å². The third-order valence-electron chi connectivity index (χ3n) is 4.08. The third kappa shape index (κ3) is 4.93. The zero-order valence-electron chi connectivity index (χ0n) is 15.4. The third-order valence-corrected chi connectivity index (χ3v) is 4.31. The fourth-order valence-electron chi connectivity index (χ4n) is 2.62. The van der Waals surface area contributed by atoms with Gasteiger partial charge in [0.05, 0.1) is 10.7 Å². The van der Waals surface area contributed by atoms with E-state index in [1.807, 2.05) is 0 Å². The van der Waals surface area contributed by atoms with E-state index < -0.39 is 24.5 Å². The van der Waals surface area contributed by atoms with Gasteiger partial charge >= 0.3 is 0 Å². The van der Waals surface area contributed by atoms with Crippen LogP contribution in [0.25, 0.3) is 11.3 Å². The van der Waals surface area contributed by atoms with Crippen LogP contribution in [0.15, 0.2) is 41.1 Å². The number of aliphatic hydroxyl groups excluding tert-OH is 1. The maximum atomic E-state index is 13.1. The highest BCUT2D eigenvalue weighted by atomic mass is 35.5. The van der Waals surface area contributed by atoms with E-state index in [1.165, 1.54) is 24.4 Å². The van der Waals surface area contributed by atoms with Gasteiger partial charge in [-0.1, -0.05) is 16.8 Å². The largest absolute Gasteiger partial charge is 0.382 e. The van der Waals surface area contributed by atoms with Crippen LogP contribution in [-0.4, -0.2) is 32.6 Å². The monoisotopic (exact) mass is 422 g/mol. The summed E-state index contributed by atoms with van der Waals surface area (Å²) in [5.41, 5.74) is 0.746. The molecule has 0 aliphatic rings. The molecule has 1 unspecified atom stereocenters. The lowest BCUT2D eigenvalue weighted by atomic mass is 9.99. The molecule has 1 aromatic carbocycles. The van der Waals surface area contributed by atoms with Gasteiger partial charge in [-0.3, -0.25) is 9.78 Å². The molecule has 2 N–H and O–H groups in total. The fraction of sp³-hybridized carbons (Fsp3) is 0.263. The first-order chi connectivity index (χ1) is 13.7.